The molecule has 1 aliphatic heterocycles. The minimum Gasteiger partial charge on any atom is -0.497 e. The van der Waals surface area contributed by atoms with Crippen LogP contribution in [0.15, 0.2) is 51.0 Å². The van der Waals surface area contributed by atoms with Crippen LogP contribution in [0.4, 0.5) is 0 Å². The van der Waals surface area contributed by atoms with E-state index in [1.54, 1.807) is 19.2 Å². The van der Waals surface area contributed by atoms with Crippen molar-refractivity contribution < 1.29 is 13.2 Å². The minimum absolute atomic E-state index is 0.0494. The van der Waals surface area contributed by atoms with E-state index in [0.29, 0.717) is 18.7 Å². The van der Waals surface area contributed by atoms with Crippen LogP contribution in [0.1, 0.15) is 24.4 Å². The number of H-pyrrole nitrogens is 1. The van der Waals surface area contributed by atoms with E-state index in [1.165, 1.54) is 28.2 Å². The molecule has 0 amide bonds. The Morgan fingerprint density at radius 3 is 2.62 bits per heavy atom. The Bertz CT molecular complexity index is 1290. The molecule has 0 bridgehead atoms. The topological polar surface area (TPSA) is 114 Å². The summed E-state index contributed by atoms with van der Waals surface area (Å²) in [5.74, 6) is 0.699. The average molecular weight is 416 g/mol. The van der Waals surface area contributed by atoms with Crippen LogP contribution in [0.5, 0.6) is 5.75 Å². The van der Waals surface area contributed by atoms with Crippen LogP contribution in [0.25, 0.3) is 11.0 Å². The second-order valence-corrected chi connectivity index (χ2v) is 8.80. The molecule has 0 radical (unpaired) electrons. The molecule has 3 aromatic rings. The highest BCUT2D eigenvalue weighted by Gasteiger charge is 2.36. The van der Waals surface area contributed by atoms with Crippen LogP contribution >= 0.6 is 0 Å². The standard InChI is InChI=1S/C19H20N4O5S/c1-22-17-15(18(24)21-19(22)25)10-14(11-20-17)29(26,27)23-9-3-4-16(23)12-5-7-13(28-2)8-6-12/h5-8,10-11,16H,3-4,9H2,1-2H3,(H,21,24,25)/t16-/m0/s1. The number of benzene rings is 1. The first-order chi connectivity index (χ1) is 13.8. The maximum atomic E-state index is 13.3. The van der Waals surface area contributed by atoms with E-state index in [0.717, 1.165) is 12.0 Å². The number of methoxy groups -OCH3 is 1. The van der Waals surface area contributed by atoms with Gasteiger partial charge in [-0.3, -0.25) is 14.3 Å². The molecule has 4 rings (SSSR count). The van der Waals surface area contributed by atoms with E-state index in [2.05, 4.69) is 9.97 Å². The quantitative estimate of drug-likeness (QED) is 0.683. The van der Waals surface area contributed by atoms with E-state index < -0.39 is 21.3 Å². The van der Waals surface area contributed by atoms with Gasteiger partial charge < -0.3 is 4.74 Å². The maximum absolute atomic E-state index is 13.3. The van der Waals surface area contributed by atoms with Crippen LogP contribution in [-0.2, 0) is 17.1 Å². The monoisotopic (exact) mass is 416 g/mol. The number of aryl methyl sites for hydroxylation is 1. The first kappa shape index (κ1) is 19.3. The van der Waals surface area contributed by atoms with Crippen LogP contribution in [0.2, 0.25) is 0 Å². The smallest absolute Gasteiger partial charge is 0.329 e. The Balaban J connectivity index is 1.77. The number of nitrogens with one attached hydrogen (secondary N) is 1. The summed E-state index contributed by atoms with van der Waals surface area (Å²) in [5, 5.41) is 0.0494. The van der Waals surface area contributed by atoms with Crippen LogP contribution in [-0.4, -0.2) is 40.9 Å². The zero-order valence-corrected chi connectivity index (χ0v) is 16.8. The molecule has 0 aliphatic carbocycles. The van der Waals surface area contributed by atoms with Crippen molar-refractivity contribution in [3.63, 3.8) is 0 Å². The van der Waals surface area contributed by atoms with Crippen LogP contribution < -0.4 is 16.0 Å². The average Bonchev–Trinajstić information content (AvgIpc) is 3.22. The number of rotatable bonds is 4. The molecule has 1 aromatic carbocycles. The summed E-state index contributed by atoms with van der Waals surface area (Å²) < 4.78 is 34.4. The fourth-order valence-electron chi connectivity index (χ4n) is 3.68. The van der Waals surface area contributed by atoms with Gasteiger partial charge in [-0.25, -0.2) is 18.2 Å². The summed E-state index contributed by atoms with van der Waals surface area (Å²) in [6.07, 6.45) is 2.62. The molecule has 0 spiro atoms. The fourth-order valence-corrected chi connectivity index (χ4v) is 5.34. The molecular formula is C19H20N4O5S. The van der Waals surface area contributed by atoms with E-state index in [9.17, 15) is 18.0 Å². The lowest BCUT2D eigenvalue weighted by Gasteiger charge is -2.24. The molecule has 0 saturated carbocycles. The lowest BCUT2D eigenvalue weighted by atomic mass is 10.1. The molecule has 1 N–H and O–H groups in total. The molecular weight excluding hydrogens is 396 g/mol. The molecule has 3 heterocycles. The van der Waals surface area contributed by atoms with Gasteiger partial charge in [0, 0.05) is 19.8 Å². The third-order valence-electron chi connectivity index (χ3n) is 5.24. The fraction of sp³-hybridized carbons (Fsp3) is 0.316. The van der Waals surface area contributed by atoms with E-state index in [4.69, 9.17) is 4.74 Å². The first-order valence-electron chi connectivity index (χ1n) is 9.08. The SMILES string of the molecule is COc1ccc([C@@H]2CCCN2S(=O)(=O)c2cnc3c(c2)c(=O)[nH]c(=O)n3C)cc1. The van der Waals surface area contributed by atoms with E-state index in [-0.39, 0.29) is 22.0 Å². The predicted octanol–water partition coefficient (Wildman–Crippen LogP) is 1.16. The van der Waals surface area contributed by atoms with Crippen molar-refractivity contribution >= 4 is 21.1 Å². The predicted molar refractivity (Wildman–Crippen MR) is 106 cm³/mol. The lowest BCUT2D eigenvalue weighted by Crippen LogP contribution is -2.32. The Kier molecular flexibility index (Phi) is 4.75. The van der Waals surface area contributed by atoms with Gasteiger partial charge in [-0.05, 0) is 36.6 Å². The van der Waals surface area contributed by atoms with Gasteiger partial charge in [0.2, 0.25) is 10.0 Å². The van der Waals surface area contributed by atoms with Crippen molar-refractivity contribution in [2.75, 3.05) is 13.7 Å². The summed E-state index contributed by atoms with van der Waals surface area (Å²) >= 11 is 0. The molecule has 9 nitrogen and oxygen atoms in total. The lowest BCUT2D eigenvalue weighted by molar-refractivity contribution is 0.394. The summed E-state index contributed by atoms with van der Waals surface area (Å²) in [7, 11) is -0.848. The minimum atomic E-state index is -3.88. The number of fused-ring (bicyclic) bond motifs is 1. The van der Waals surface area contributed by atoms with Crippen molar-refractivity contribution in [2.24, 2.45) is 7.05 Å². The largest absolute Gasteiger partial charge is 0.497 e. The van der Waals surface area contributed by atoms with Gasteiger partial charge in [0.25, 0.3) is 5.56 Å². The Morgan fingerprint density at radius 2 is 1.93 bits per heavy atom. The second kappa shape index (κ2) is 7.12. The normalized spacial score (nSPS) is 17.7. The van der Waals surface area contributed by atoms with Gasteiger partial charge in [0.1, 0.15) is 16.3 Å². The molecule has 10 heteroatoms. The number of nitrogens with zero attached hydrogens (tertiary/aromatic N) is 3. The van der Waals surface area contributed by atoms with Gasteiger partial charge >= 0.3 is 5.69 Å². The van der Waals surface area contributed by atoms with Gasteiger partial charge in [-0.2, -0.15) is 4.31 Å². The van der Waals surface area contributed by atoms with Crippen molar-refractivity contribution in [1.82, 2.24) is 18.8 Å². The zero-order chi connectivity index (χ0) is 20.8. The molecule has 1 saturated heterocycles. The Labute approximate surface area is 166 Å². The molecule has 1 atom stereocenters. The molecule has 2 aromatic heterocycles. The third kappa shape index (κ3) is 3.23. The highest BCUT2D eigenvalue weighted by Crippen LogP contribution is 2.37. The van der Waals surface area contributed by atoms with Crippen LogP contribution in [0, 0.1) is 0 Å². The summed E-state index contributed by atoms with van der Waals surface area (Å²) in [6.45, 7) is 0.376. The highest BCUT2D eigenvalue weighted by molar-refractivity contribution is 7.89. The number of aromatic nitrogens is 3. The maximum Gasteiger partial charge on any atom is 0.329 e. The second-order valence-electron chi connectivity index (χ2n) is 6.91. The van der Waals surface area contributed by atoms with E-state index >= 15 is 0 Å². The summed E-state index contributed by atoms with van der Waals surface area (Å²) in [6, 6.07) is 8.29. The summed E-state index contributed by atoms with van der Waals surface area (Å²) in [4.78, 5) is 30.1. The van der Waals surface area contributed by atoms with Gasteiger partial charge in [-0.1, -0.05) is 12.1 Å². The zero-order valence-electron chi connectivity index (χ0n) is 16.0. The molecule has 29 heavy (non-hydrogen) atoms. The molecule has 152 valence electrons. The Hall–Kier alpha value is -2.98. The molecule has 1 aliphatic rings. The number of pyridine rings is 1. The highest BCUT2D eigenvalue weighted by atomic mass is 32.2. The number of aromatic amines is 1. The number of hydrogen-bond donors (Lipinski definition) is 1. The molecule has 0 unspecified atom stereocenters. The number of sulfonamides is 1. The third-order valence-corrected chi connectivity index (χ3v) is 7.11. The van der Waals surface area contributed by atoms with Gasteiger partial charge in [0.05, 0.1) is 18.5 Å². The van der Waals surface area contributed by atoms with E-state index in [1.807, 2.05) is 12.1 Å². The van der Waals surface area contributed by atoms with Crippen molar-refractivity contribution in [3.8, 4) is 5.75 Å². The molecule has 1 fully saturated rings. The first-order valence-corrected chi connectivity index (χ1v) is 10.5. The van der Waals surface area contributed by atoms with Gasteiger partial charge in [0.15, 0.2) is 0 Å². The Morgan fingerprint density at radius 1 is 1.21 bits per heavy atom. The van der Waals surface area contributed by atoms with Crippen molar-refractivity contribution in [1.29, 1.82) is 0 Å². The van der Waals surface area contributed by atoms with Crippen molar-refractivity contribution in [3.05, 3.63) is 62.9 Å². The summed E-state index contributed by atoms with van der Waals surface area (Å²) in [5.41, 5.74) is -0.266. The number of ether oxygens (including phenoxy) is 1. The number of hydrogen-bond acceptors (Lipinski definition) is 6. The van der Waals surface area contributed by atoms with Gasteiger partial charge in [-0.15, -0.1) is 0 Å². The van der Waals surface area contributed by atoms with Crippen LogP contribution in [0.3, 0.4) is 0 Å². The van der Waals surface area contributed by atoms with Crippen molar-refractivity contribution in [2.45, 2.75) is 23.8 Å².